The lowest BCUT2D eigenvalue weighted by atomic mass is 9.95. The fourth-order valence-electron chi connectivity index (χ4n) is 3.56. The SMILES string of the molecule is O=C(NCc1ccccc1)c1c(N=Cc2cc(Cl)cc(Cl)c2O)sc2c1CCCC2. The first-order chi connectivity index (χ1) is 14.5. The summed E-state index contributed by atoms with van der Waals surface area (Å²) < 4.78 is 0. The van der Waals surface area contributed by atoms with Crippen molar-refractivity contribution in [1.29, 1.82) is 0 Å². The molecule has 30 heavy (non-hydrogen) atoms. The molecule has 2 N–H and O–H groups in total. The molecule has 0 spiro atoms. The van der Waals surface area contributed by atoms with Gasteiger partial charge < -0.3 is 10.4 Å². The van der Waals surface area contributed by atoms with Gasteiger partial charge in [-0.1, -0.05) is 53.5 Å². The Labute approximate surface area is 189 Å². The standard InChI is InChI=1S/C23H20Cl2N2O2S/c24-16-10-15(21(28)18(25)11-16)13-27-23-20(17-8-4-5-9-19(17)30-23)22(29)26-12-14-6-2-1-3-7-14/h1-3,6-7,10-11,13,28H,4-5,8-9,12H2,(H,26,29). The maximum atomic E-state index is 13.1. The van der Waals surface area contributed by atoms with Crippen LogP contribution in [0.3, 0.4) is 0 Å². The van der Waals surface area contributed by atoms with Gasteiger partial charge in [0.05, 0.1) is 10.6 Å². The molecule has 1 amide bonds. The molecule has 0 unspecified atom stereocenters. The molecule has 0 fully saturated rings. The first-order valence-electron chi connectivity index (χ1n) is 9.71. The molecule has 1 heterocycles. The highest BCUT2D eigenvalue weighted by Crippen LogP contribution is 2.40. The van der Waals surface area contributed by atoms with Crippen molar-refractivity contribution in [3.8, 4) is 5.75 Å². The number of nitrogens with zero attached hydrogens (tertiary/aromatic N) is 1. The van der Waals surface area contributed by atoms with Crippen LogP contribution in [0.4, 0.5) is 5.00 Å². The molecule has 0 bridgehead atoms. The Kier molecular flexibility index (Phi) is 6.42. The second-order valence-corrected chi connectivity index (χ2v) is 9.07. The maximum absolute atomic E-state index is 13.1. The Balaban J connectivity index is 1.65. The van der Waals surface area contributed by atoms with Crippen LogP contribution in [0.5, 0.6) is 5.75 Å². The van der Waals surface area contributed by atoms with E-state index in [1.54, 1.807) is 6.07 Å². The second kappa shape index (κ2) is 9.21. The number of aliphatic imine (C=N–C) groups is 1. The first-order valence-corrected chi connectivity index (χ1v) is 11.3. The number of rotatable bonds is 5. The number of halogens is 2. The van der Waals surface area contributed by atoms with Gasteiger partial charge in [-0.2, -0.15) is 0 Å². The minimum atomic E-state index is -0.126. The summed E-state index contributed by atoms with van der Waals surface area (Å²) in [5, 5.41) is 14.4. The zero-order valence-corrected chi connectivity index (χ0v) is 18.4. The number of nitrogens with one attached hydrogen (secondary N) is 1. The molecule has 0 aliphatic heterocycles. The minimum absolute atomic E-state index is 0.0822. The topological polar surface area (TPSA) is 61.7 Å². The van der Waals surface area contributed by atoms with Crippen LogP contribution in [-0.4, -0.2) is 17.2 Å². The highest BCUT2D eigenvalue weighted by Gasteiger charge is 2.25. The number of hydrogen-bond acceptors (Lipinski definition) is 4. The van der Waals surface area contributed by atoms with E-state index < -0.39 is 0 Å². The Morgan fingerprint density at radius 1 is 1.17 bits per heavy atom. The van der Waals surface area contributed by atoms with Crippen molar-refractivity contribution in [2.45, 2.75) is 32.2 Å². The molecule has 2 aromatic carbocycles. The molecule has 1 aliphatic carbocycles. The molecule has 154 valence electrons. The van der Waals surface area contributed by atoms with Crippen LogP contribution in [0, 0.1) is 0 Å². The molecule has 7 heteroatoms. The Morgan fingerprint density at radius 2 is 1.93 bits per heavy atom. The summed E-state index contributed by atoms with van der Waals surface area (Å²) in [5.74, 6) is -0.208. The van der Waals surface area contributed by atoms with Gasteiger partial charge in [0.15, 0.2) is 0 Å². The fourth-order valence-corrected chi connectivity index (χ4v) is 5.30. The van der Waals surface area contributed by atoms with Gasteiger partial charge in [0.25, 0.3) is 5.91 Å². The lowest BCUT2D eigenvalue weighted by molar-refractivity contribution is 0.0951. The molecule has 4 rings (SSSR count). The van der Waals surface area contributed by atoms with Gasteiger partial charge >= 0.3 is 0 Å². The van der Waals surface area contributed by atoms with E-state index in [-0.39, 0.29) is 16.7 Å². The minimum Gasteiger partial charge on any atom is -0.506 e. The largest absolute Gasteiger partial charge is 0.506 e. The van der Waals surface area contributed by atoms with Crippen molar-refractivity contribution >= 4 is 51.7 Å². The van der Waals surface area contributed by atoms with Crippen molar-refractivity contribution < 1.29 is 9.90 Å². The molecular weight excluding hydrogens is 439 g/mol. The molecule has 0 atom stereocenters. The number of carbonyl (C=O) groups excluding carboxylic acids is 1. The van der Waals surface area contributed by atoms with Crippen LogP contribution in [0.1, 0.15) is 44.8 Å². The molecule has 4 nitrogen and oxygen atoms in total. The van der Waals surface area contributed by atoms with Gasteiger partial charge in [-0.05, 0) is 48.9 Å². The van der Waals surface area contributed by atoms with E-state index in [2.05, 4.69) is 10.3 Å². The number of thiophene rings is 1. The summed E-state index contributed by atoms with van der Waals surface area (Å²) in [6.07, 6.45) is 5.54. The third-order valence-electron chi connectivity index (χ3n) is 5.05. The number of aromatic hydroxyl groups is 1. The van der Waals surface area contributed by atoms with Gasteiger partial charge in [-0.25, -0.2) is 4.99 Å². The van der Waals surface area contributed by atoms with E-state index >= 15 is 0 Å². The van der Waals surface area contributed by atoms with E-state index in [9.17, 15) is 9.90 Å². The number of hydrogen-bond donors (Lipinski definition) is 2. The van der Waals surface area contributed by atoms with Crippen LogP contribution in [-0.2, 0) is 19.4 Å². The number of benzene rings is 2. The van der Waals surface area contributed by atoms with Crippen LogP contribution in [0.15, 0.2) is 47.5 Å². The van der Waals surface area contributed by atoms with Crippen LogP contribution < -0.4 is 5.32 Å². The Hall–Kier alpha value is -2.34. The fraction of sp³-hybridized carbons (Fsp3) is 0.217. The molecule has 3 aromatic rings. The third-order valence-corrected chi connectivity index (χ3v) is 6.76. The van der Waals surface area contributed by atoms with Gasteiger partial charge in [-0.3, -0.25) is 4.79 Å². The zero-order valence-electron chi connectivity index (χ0n) is 16.1. The maximum Gasteiger partial charge on any atom is 0.254 e. The number of carbonyl (C=O) groups is 1. The van der Waals surface area contributed by atoms with Crippen LogP contribution in [0.2, 0.25) is 10.0 Å². The second-order valence-electron chi connectivity index (χ2n) is 7.14. The van der Waals surface area contributed by atoms with Crippen molar-refractivity contribution in [2.75, 3.05) is 0 Å². The van der Waals surface area contributed by atoms with E-state index in [4.69, 9.17) is 23.2 Å². The van der Waals surface area contributed by atoms with E-state index in [1.807, 2.05) is 30.3 Å². The lowest BCUT2D eigenvalue weighted by Crippen LogP contribution is -2.24. The Bertz CT molecular complexity index is 1110. The summed E-state index contributed by atoms with van der Waals surface area (Å²) in [6, 6.07) is 12.9. The van der Waals surface area contributed by atoms with Crippen molar-refractivity contribution in [2.24, 2.45) is 4.99 Å². The summed E-state index contributed by atoms with van der Waals surface area (Å²) in [6.45, 7) is 0.456. The number of aryl methyl sites for hydroxylation is 1. The smallest absolute Gasteiger partial charge is 0.254 e. The predicted molar refractivity (Wildman–Crippen MR) is 124 cm³/mol. The number of phenols is 1. The molecule has 0 radical (unpaired) electrons. The van der Waals surface area contributed by atoms with Gasteiger partial charge in [-0.15, -0.1) is 11.3 Å². The summed E-state index contributed by atoms with van der Waals surface area (Å²) in [5.41, 5.74) is 3.18. The Morgan fingerprint density at radius 3 is 2.73 bits per heavy atom. The molecule has 1 aliphatic rings. The lowest BCUT2D eigenvalue weighted by Gasteiger charge is -2.12. The summed E-state index contributed by atoms with van der Waals surface area (Å²) in [7, 11) is 0. The monoisotopic (exact) mass is 458 g/mol. The normalized spacial score (nSPS) is 13.4. The zero-order chi connectivity index (χ0) is 21.1. The number of amides is 1. The molecule has 1 aromatic heterocycles. The van der Waals surface area contributed by atoms with Gasteiger partial charge in [0.2, 0.25) is 0 Å². The van der Waals surface area contributed by atoms with E-state index in [0.717, 1.165) is 36.8 Å². The van der Waals surface area contributed by atoms with Crippen molar-refractivity contribution in [1.82, 2.24) is 5.32 Å². The highest BCUT2D eigenvalue weighted by molar-refractivity contribution is 7.16. The average Bonchev–Trinajstić information content (AvgIpc) is 3.12. The number of fused-ring (bicyclic) bond motifs is 1. The summed E-state index contributed by atoms with van der Waals surface area (Å²) >= 11 is 13.6. The van der Waals surface area contributed by atoms with Crippen LogP contribution in [0.25, 0.3) is 0 Å². The molecular formula is C23H20Cl2N2O2S. The summed E-state index contributed by atoms with van der Waals surface area (Å²) in [4.78, 5) is 18.9. The first kappa shape index (κ1) is 20.9. The molecule has 0 saturated heterocycles. The average molecular weight is 459 g/mol. The van der Waals surface area contributed by atoms with E-state index in [0.29, 0.717) is 27.7 Å². The van der Waals surface area contributed by atoms with E-state index in [1.165, 1.54) is 28.5 Å². The van der Waals surface area contributed by atoms with Crippen molar-refractivity contribution in [3.63, 3.8) is 0 Å². The van der Waals surface area contributed by atoms with Crippen molar-refractivity contribution in [3.05, 3.63) is 79.6 Å². The number of phenolic OH excluding ortho intramolecular Hbond substituents is 1. The van der Waals surface area contributed by atoms with Gasteiger partial charge in [0.1, 0.15) is 10.8 Å². The third kappa shape index (κ3) is 4.53. The molecule has 0 saturated carbocycles. The quantitative estimate of drug-likeness (QED) is 0.439. The highest BCUT2D eigenvalue weighted by atomic mass is 35.5. The van der Waals surface area contributed by atoms with Gasteiger partial charge in [0, 0.05) is 28.2 Å². The predicted octanol–water partition coefficient (Wildman–Crippen LogP) is 6.32. The van der Waals surface area contributed by atoms with Crippen LogP contribution >= 0.6 is 34.5 Å².